The Morgan fingerprint density at radius 2 is 2.32 bits per heavy atom. The minimum atomic E-state index is -1.20. The van der Waals surface area contributed by atoms with E-state index in [1.165, 1.54) is 18.4 Å². The fourth-order valence-electron chi connectivity index (χ4n) is 1.35. The minimum absolute atomic E-state index is 0.123. The highest BCUT2D eigenvalue weighted by Crippen LogP contribution is 2.25. The lowest BCUT2D eigenvalue weighted by Crippen LogP contribution is -2.04. The topological polar surface area (TPSA) is 102 Å². The lowest BCUT2D eigenvalue weighted by atomic mass is 10.1. The smallest absolute Gasteiger partial charge is 0.335 e. The largest absolute Gasteiger partial charge is 0.502 e. The first kappa shape index (κ1) is 14.5. The second kappa shape index (κ2) is 7.00. The van der Waals surface area contributed by atoms with E-state index < -0.39 is 10.9 Å². The van der Waals surface area contributed by atoms with E-state index in [0.29, 0.717) is 13.2 Å². The van der Waals surface area contributed by atoms with Crippen LogP contribution >= 0.6 is 0 Å². The van der Waals surface area contributed by atoms with E-state index in [4.69, 9.17) is 9.84 Å². The molecule has 0 fully saturated rings. The second-order valence-corrected chi connectivity index (χ2v) is 3.50. The summed E-state index contributed by atoms with van der Waals surface area (Å²) in [6.45, 7) is 2.73. The molecule has 0 amide bonds. The zero-order valence-electron chi connectivity index (χ0n) is 10.3. The van der Waals surface area contributed by atoms with Gasteiger partial charge < -0.3 is 15.2 Å². The van der Waals surface area contributed by atoms with Crippen molar-refractivity contribution in [3.05, 3.63) is 46.2 Å². The van der Waals surface area contributed by atoms with Gasteiger partial charge in [-0.3, -0.25) is 10.1 Å². The number of carboxylic acid groups (broad SMARTS) is 1. The maximum atomic E-state index is 10.9. The van der Waals surface area contributed by atoms with E-state index in [0.717, 1.165) is 6.07 Å². The number of nitrogens with one attached hydrogen (secondary N) is 1. The summed E-state index contributed by atoms with van der Waals surface area (Å²) in [7, 11) is 0. The van der Waals surface area contributed by atoms with E-state index in [-0.39, 0.29) is 16.9 Å². The maximum absolute atomic E-state index is 10.9. The molecule has 0 heterocycles. The highest BCUT2D eigenvalue weighted by Gasteiger charge is 2.16. The van der Waals surface area contributed by atoms with E-state index in [9.17, 15) is 14.9 Å². The Balaban J connectivity index is 2.82. The summed E-state index contributed by atoms with van der Waals surface area (Å²) in [5.74, 6) is -1.20. The van der Waals surface area contributed by atoms with Crippen molar-refractivity contribution < 1.29 is 19.6 Å². The van der Waals surface area contributed by atoms with Crippen LogP contribution in [0.4, 0.5) is 11.4 Å². The molecule has 1 aromatic carbocycles. The number of anilines is 1. The van der Waals surface area contributed by atoms with Crippen molar-refractivity contribution >= 4 is 17.3 Å². The molecule has 0 atom stereocenters. The Kier molecular flexibility index (Phi) is 5.34. The number of nitrogens with zero attached hydrogens (tertiary/aromatic N) is 1. The molecule has 1 aromatic rings. The molecular weight excluding hydrogens is 252 g/mol. The number of hydrogen-bond acceptors (Lipinski definition) is 5. The van der Waals surface area contributed by atoms with Crippen molar-refractivity contribution in [3.8, 4) is 0 Å². The number of aromatic carboxylic acids is 1. The lowest BCUT2D eigenvalue weighted by Gasteiger charge is -2.05. The van der Waals surface area contributed by atoms with Crippen LogP contribution in [-0.4, -0.2) is 29.2 Å². The summed E-state index contributed by atoms with van der Waals surface area (Å²) in [5, 5.41) is 22.5. The summed E-state index contributed by atoms with van der Waals surface area (Å²) >= 11 is 0. The molecule has 0 aliphatic heterocycles. The van der Waals surface area contributed by atoms with Gasteiger partial charge in [-0.2, -0.15) is 0 Å². The van der Waals surface area contributed by atoms with Crippen LogP contribution < -0.4 is 5.32 Å². The molecule has 19 heavy (non-hydrogen) atoms. The highest BCUT2D eigenvalue weighted by atomic mass is 16.6. The van der Waals surface area contributed by atoms with Gasteiger partial charge in [-0.25, -0.2) is 4.79 Å². The third kappa shape index (κ3) is 4.30. The number of nitro groups is 1. The number of benzene rings is 1. The van der Waals surface area contributed by atoms with Crippen molar-refractivity contribution in [3.63, 3.8) is 0 Å². The van der Waals surface area contributed by atoms with Crippen LogP contribution in [0.25, 0.3) is 0 Å². The number of ether oxygens (including phenoxy) is 1. The molecule has 0 radical (unpaired) electrons. The Labute approximate surface area is 109 Å². The molecule has 2 N–H and O–H groups in total. The summed E-state index contributed by atoms with van der Waals surface area (Å²) < 4.78 is 4.97. The molecule has 0 aromatic heterocycles. The molecule has 102 valence electrons. The van der Waals surface area contributed by atoms with Crippen LogP contribution in [0.15, 0.2) is 30.5 Å². The number of rotatable bonds is 7. The van der Waals surface area contributed by atoms with Crippen LogP contribution in [0.5, 0.6) is 0 Å². The maximum Gasteiger partial charge on any atom is 0.335 e. The van der Waals surface area contributed by atoms with Gasteiger partial charge in [0.2, 0.25) is 0 Å². The summed E-state index contributed by atoms with van der Waals surface area (Å²) in [5.41, 5.74) is -0.136. The van der Waals surface area contributed by atoms with Crippen LogP contribution in [0.1, 0.15) is 17.3 Å². The van der Waals surface area contributed by atoms with Gasteiger partial charge in [0.05, 0.1) is 23.4 Å². The van der Waals surface area contributed by atoms with E-state index in [2.05, 4.69) is 5.32 Å². The first-order chi connectivity index (χ1) is 9.06. The first-order valence-electron chi connectivity index (χ1n) is 5.58. The molecule has 0 aliphatic rings. The molecule has 0 bridgehead atoms. The number of carbonyl (C=O) groups is 1. The predicted molar refractivity (Wildman–Crippen MR) is 69.3 cm³/mol. The molecular formula is C12H14N2O5. The van der Waals surface area contributed by atoms with E-state index >= 15 is 0 Å². The number of hydrogen-bond donors (Lipinski definition) is 2. The van der Waals surface area contributed by atoms with E-state index in [1.807, 2.05) is 6.92 Å². The molecule has 0 saturated heterocycles. The molecule has 7 nitrogen and oxygen atoms in total. The standard InChI is InChI=1S/C12H14N2O5/c1-2-19-7-3-6-13-10-5-4-9(12(15)16)8-11(10)14(17)18/h3-5,7-8,13H,2,6H2,1H3,(H,15,16). The summed E-state index contributed by atoms with van der Waals surface area (Å²) in [4.78, 5) is 21.0. The third-order valence-electron chi connectivity index (χ3n) is 2.21. The predicted octanol–water partition coefficient (Wildman–Crippen LogP) is 2.26. The molecule has 0 spiro atoms. The first-order valence-corrected chi connectivity index (χ1v) is 5.58. The Morgan fingerprint density at radius 3 is 2.89 bits per heavy atom. The van der Waals surface area contributed by atoms with Gasteiger partial charge in [-0.05, 0) is 25.1 Å². The fourth-order valence-corrected chi connectivity index (χ4v) is 1.35. The fraction of sp³-hybridized carbons (Fsp3) is 0.250. The molecule has 7 heteroatoms. The zero-order chi connectivity index (χ0) is 14.3. The molecule has 0 unspecified atom stereocenters. The zero-order valence-corrected chi connectivity index (χ0v) is 10.3. The van der Waals surface area contributed by atoms with Gasteiger partial charge in [0, 0.05) is 12.6 Å². The van der Waals surface area contributed by atoms with Crippen molar-refractivity contribution in [2.45, 2.75) is 6.92 Å². The van der Waals surface area contributed by atoms with Gasteiger partial charge in [0.1, 0.15) is 5.69 Å². The van der Waals surface area contributed by atoms with Gasteiger partial charge >= 0.3 is 5.97 Å². The van der Waals surface area contributed by atoms with Gasteiger partial charge in [-0.1, -0.05) is 0 Å². The third-order valence-corrected chi connectivity index (χ3v) is 2.21. The van der Waals surface area contributed by atoms with Gasteiger partial charge in [-0.15, -0.1) is 0 Å². The summed E-state index contributed by atoms with van der Waals surface area (Å²) in [6.07, 6.45) is 3.16. The Morgan fingerprint density at radius 1 is 1.58 bits per heavy atom. The Bertz CT molecular complexity index is 499. The van der Waals surface area contributed by atoms with Crippen LogP contribution in [0.2, 0.25) is 0 Å². The van der Waals surface area contributed by atoms with Crippen molar-refractivity contribution in [1.82, 2.24) is 0 Å². The van der Waals surface area contributed by atoms with Crippen LogP contribution in [0, 0.1) is 10.1 Å². The molecule has 0 saturated carbocycles. The normalized spacial score (nSPS) is 10.4. The average Bonchev–Trinajstić information content (AvgIpc) is 2.38. The highest BCUT2D eigenvalue weighted by molar-refractivity contribution is 5.89. The van der Waals surface area contributed by atoms with Crippen LogP contribution in [0.3, 0.4) is 0 Å². The monoisotopic (exact) mass is 266 g/mol. The SMILES string of the molecule is CCOC=CCNc1ccc(C(=O)O)cc1[N+](=O)[O-]. The van der Waals surface area contributed by atoms with E-state index in [1.54, 1.807) is 6.08 Å². The van der Waals surface area contributed by atoms with Gasteiger partial charge in [0.25, 0.3) is 5.69 Å². The lowest BCUT2D eigenvalue weighted by molar-refractivity contribution is -0.384. The second-order valence-electron chi connectivity index (χ2n) is 3.50. The minimum Gasteiger partial charge on any atom is -0.502 e. The molecule has 0 aliphatic carbocycles. The van der Waals surface area contributed by atoms with Crippen molar-refractivity contribution in [1.29, 1.82) is 0 Å². The van der Waals surface area contributed by atoms with Crippen molar-refractivity contribution in [2.75, 3.05) is 18.5 Å². The number of nitro benzene ring substituents is 1. The van der Waals surface area contributed by atoms with Gasteiger partial charge in [0.15, 0.2) is 0 Å². The number of carboxylic acids is 1. The quantitative estimate of drug-likeness (QED) is 0.446. The molecule has 1 rings (SSSR count). The summed E-state index contributed by atoms with van der Waals surface area (Å²) in [6, 6.07) is 3.71. The van der Waals surface area contributed by atoms with Crippen molar-refractivity contribution in [2.24, 2.45) is 0 Å². The Hall–Kier alpha value is -2.57. The average molecular weight is 266 g/mol. The van der Waals surface area contributed by atoms with Crippen LogP contribution in [-0.2, 0) is 4.74 Å².